The molecule has 6 nitrogen and oxygen atoms in total. The molecule has 3 aliphatic heterocycles. The summed E-state index contributed by atoms with van der Waals surface area (Å²) in [5.41, 5.74) is 3.43. The second-order valence-electron chi connectivity index (χ2n) is 9.12. The van der Waals surface area contributed by atoms with Crippen LogP contribution in [0.1, 0.15) is 30.4 Å². The minimum absolute atomic E-state index is 0.00462. The van der Waals surface area contributed by atoms with E-state index in [1.165, 1.54) is 11.1 Å². The number of piperidine rings is 1. The lowest BCUT2D eigenvalue weighted by atomic mass is 9.92. The van der Waals surface area contributed by atoms with Crippen molar-refractivity contribution >= 4 is 23.4 Å². The van der Waals surface area contributed by atoms with Crippen molar-refractivity contribution in [2.75, 3.05) is 31.1 Å². The highest BCUT2D eigenvalue weighted by atomic mass is 16.2. The van der Waals surface area contributed by atoms with Crippen molar-refractivity contribution in [3.63, 3.8) is 0 Å². The summed E-state index contributed by atoms with van der Waals surface area (Å²) in [7, 11) is 0. The largest absolute Gasteiger partial charge is 0.342 e. The maximum absolute atomic E-state index is 13.1. The number of likely N-dealkylation sites (tertiary alicyclic amines) is 1. The van der Waals surface area contributed by atoms with E-state index in [4.69, 9.17) is 0 Å². The van der Waals surface area contributed by atoms with Gasteiger partial charge in [0.2, 0.25) is 17.7 Å². The van der Waals surface area contributed by atoms with E-state index in [0.29, 0.717) is 39.0 Å². The van der Waals surface area contributed by atoms with Gasteiger partial charge < -0.3 is 14.7 Å². The van der Waals surface area contributed by atoms with Gasteiger partial charge in [0.25, 0.3) is 0 Å². The molecule has 1 unspecified atom stereocenters. The van der Waals surface area contributed by atoms with Crippen molar-refractivity contribution < 1.29 is 14.4 Å². The molecule has 2 aromatic rings. The minimum atomic E-state index is -0.298. The van der Waals surface area contributed by atoms with Crippen LogP contribution in [0.3, 0.4) is 0 Å². The average Bonchev–Trinajstić information content (AvgIpc) is 3.25. The second kappa shape index (κ2) is 8.77. The molecule has 6 heteroatoms. The average molecular weight is 432 g/mol. The predicted molar refractivity (Wildman–Crippen MR) is 122 cm³/mol. The van der Waals surface area contributed by atoms with E-state index in [9.17, 15) is 14.4 Å². The van der Waals surface area contributed by atoms with Gasteiger partial charge in [0, 0.05) is 50.7 Å². The molecule has 0 aliphatic carbocycles. The van der Waals surface area contributed by atoms with E-state index in [1.807, 2.05) is 46.2 Å². The van der Waals surface area contributed by atoms with Gasteiger partial charge in [0.15, 0.2) is 0 Å². The first-order valence-corrected chi connectivity index (χ1v) is 11.6. The third-order valence-electron chi connectivity index (χ3n) is 7.14. The molecule has 32 heavy (non-hydrogen) atoms. The van der Waals surface area contributed by atoms with Gasteiger partial charge in [0.05, 0.1) is 5.92 Å². The quantitative estimate of drug-likeness (QED) is 0.751. The number of amides is 3. The van der Waals surface area contributed by atoms with E-state index in [-0.39, 0.29) is 36.0 Å². The van der Waals surface area contributed by atoms with Crippen LogP contribution in [-0.4, -0.2) is 53.7 Å². The Kier molecular flexibility index (Phi) is 5.68. The van der Waals surface area contributed by atoms with Crippen molar-refractivity contribution in [3.05, 3.63) is 65.7 Å². The van der Waals surface area contributed by atoms with Crippen LogP contribution < -0.4 is 4.90 Å². The number of nitrogens with zero attached hydrogens (tertiary/aromatic N) is 3. The molecule has 2 saturated heterocycles. The first kappa shape index (κ1) is 20.7. The molecule has 0 bridgehead atoms. The molecule has 0 spiro atoms. The highest BCUT2D eigenvalue weighted by molar-refractivity contribution is 6.00. The standard InChI is InChI=1S/C26H29N3O3/c30-24-16-22(18-29(24)23-8-2-1-3-9-23)26(32)27-13-11-20(12-14-27)25(31)28-15-10-19-6-4-5-7-21(19)17-28/h1-9,20,22H,10-18H2. The maximum Gasteiger partial charge on any atom is 0.228 e. The Hall–Kier alpha value is -3.15. The zero-order valence-corrected chi connectivity index (χ0v) is 18.3. The number of rotatable bonds is 3. The SMILES string of the molecule is O=C(C1CC(=O)N(c2ccccc2)C1)N1CCC(C(=O)N2CCc3ccccc3C2)CC1. The molecule has 1 atom stereocenters. The predicted octanol–water partition coefficient (Wildman–Crippen LogP) is 2.86. The summed E-state index contributed by atoms with van der Waals surface area (Å²) < 4.78 is 0. The Morgan fingerprint density at radius 1 is 0.750 bits per heavy atom. The van der Waals surface area contributed by atoms with Crippen molar-refractivity contribution in [1.29, 1.82) is 0 Å². The number of hydrogen-bond donors (Lipinski definition) is 0. The van der Waals surface area contributed by atoms with Crippen molar-refractivity contribution in [2.45, 2.75) is 32.2 Å². The molecule has 0 N–H and O–H groups in total. The van der Waals surface area contributed by atoms with Gasteiger partial charge in [-0.1, -0.05) is 42.5 Å². The molecule has 2 aromatic carbocycles. The zero-order valence-electron chi connectivity index (χ0n) is 18.3. The second-order valence-corrected chi connectivity index (χ2v) is 9.12. The summed E-state index contributed by atoms with van der Waals surface area (Å²) >= 11 is 0. The summed E-state index contributed by atoms with van der Waals surface area (Å²) in [6.07, 6.45) is 2.57. The first-order valence-electron chi connectivity index (χ1n) is 11.6. The van der Waals surface area contributed by atoms with Crippen LogP contribution in [-0.2, 0) is 27.3 Å². The number of anilines is 1. The highest BCUT2D eigenvalue weighted by Crippen LogP contribution is 2.29. The zero-order chi connectivity index (χ0) is 22.1. The van der Waals surface area contributed by atoms with Crippen LogP contribution in [0.15, 0.2) is 54.6 Å². The molecule has 2 fully saturated rings. The van der Waals surface area contributed by atoms with Crippen LogP contribution in [0.4, 0.5) is 5.69 Å². The van der Waals surface area contributed by atoms with Gasteiger partial charge in [-0.05, 0) is 42.5 Å². The van der Waals surface area contributed by atoms with E-state index in [0.717, 1.165) is 18.7 Å². The smallest absolute Gasteiger partial charge is 0.228 e. The number of para-hydroxylation sites is 1. The Labute approximate surface area is 188 Å². The summed E-state index contributed by atoms with van der Waals surface area (Å²) in [6, 6.07) is 17.9. The van der Waals surface area contributed by atoms with E-state index >= 15 is 0 Å². The number of hydrogen-bond acceptors (Lipinski definition) is 3. The Morgan fingerprint density at radius 2 is 1.41 bits per heavy atom. The van der Waals surface area contributed by atoms with Crippen LogP contribution >= 0.6 is 0 Å². The number of carbonyl (C=O) groups is 3. The number of carbonyl (C=O) groups excluding carboxylic acids is 3. The third kappa shape index (κ3) is 4.01. The lowest BCUT2D eigenvalue weighted by Crippen LogP contribution is -2.47. The Bertz CT molecular complexity index is 1010. The van der Waals surface area contributed by atoms with Gasteiger partial charge in [-0.15, -0.1) is 0 Å². The van der Waals surface area contributed by atoms with Gasteiger partial charge in [0.1, 0.15) is 0 Å². The van der Waals surface area contributed by atoms with E-state index in [2.05, 4.69) is 18.2 Å². The summed E-state index contributed by atoms with van der Waals surface area (Å²) in [4.78, 5) is 44.2. The summed E-state index contributed by atoms with van der Waals surface area (Å²) in [5, 5.41) is 0. The van der Waals surface area contributed by atoms with Crippen LogP contribution in [0.25, 0.3) is 0 Å². The fourth-order valence-electron chi connectivity index (χ4n) is 5.28. The molecule has 166 valence electrons. The molecule has 3 heterocycles. The lowest BCUT2D eigenvalue weighted by molar-refractivity contribution is -0.143. The van der Waals surface area contributed by atoms with Crippen molar-refractivity contribution in [1.82, 2.24) is 9.80 Å². The molecule has 0 saturated carbocycles. The molecule has 3 amide bonds. The van der Waals surface area contributed by atoms with Gasteiger partial charge >= 0.3 is 0 Å². The van der Waals surface area contributed by atoms with Gasteiger partial charge in [-0.3, -0.25) is 14.4 Å². The van der Waals surface area contributed by atoms with E-state index in [1.54, 1.807) is 4.90 Å². The monoisotopic (exact) mass is 431 g/mol. The Morgan fingerprint density at radius 3 is 2.16 bits per heavy atom. The topological polar surface area (TPSA) is 60.9 Å². The normalized spacial score (nSPS) is 21.6. The lowest BCUT2D eigenvalue weighted by Gasteiger charge is -2.36. The van der Waals surface area contributed by atoms with Crippen LogP contribution in [0.5, 0.6) is 0 Å². The first-order chi connectivity index (χ1) is 15.6. The molecule has 3 aliphatic rings. The van der Waals surface area contributed by atoms with Gasteiger partial charge in [-0.25, -0.2) is 0 Å². The van der Waals surface area contributed by atoms with E-state index < -0.39 is 0 Å². The number of fused-ring (bicyclic) bond motifs is 1. The summed E-state index contributed by atoms with van der Waals surface area (Å²) in [5.74, 6) is -0.0404. The van der Waals surface area contributed by atoms with Crippen molar-refractivity contribution in [3.8, 4) is 0 Å². The molecular formula is C26H29N3O3. The van der Waals surface area contributed by atoms with Crippen LogP contribution in [0, 0.1) is 11.8 Å². The highest BCUT2D eigenvalue weighted by Gasteiger charge is 2.39. The maximum atomic E-state index is 13.1. The Balaban J connectivity index is 1.15. The van der Waals surface area contributed by atoms with Crippen molar-refractivity contribution in [2.24, 2.45) is 11.8 Å². The van der Waals surface area contributed by atoms with Crippen LogP contribution in [0.2, 0.25) is 0 Å². The third-order valence-corrected chi connectivity index (χ3v) is 7.14. The molecule has 5 rings (SSSR count). The summed E-state index contributed by atoms with van der Waals surface area (Å²) in [6.45, 7) is 3.08. The van der Waals surface area contributed by atoms with Gasteiger partial charge in [-0.2, -0.15) is 0 Å². The minimum Gasteiger partial charge on any atom is -0.342 e. The molecule has 0 aromatic heterocycles. The fourth-order valence-corrected chi connectivity index (χ4v) is 5.28. The molecular weight excluding hydrogens is 402 g/mol. The molecule has 0 radical (unpaired) electrons. The fraction of sp³-hybridized carbons (Fsp3) is 0.423. The number of benzene rings is 2.